The normalized spacial score (nSPS) is 12.2. The van der Waals surface area contributed by atoms with Gasteiger partial charge in [0.2, 0.25) is 5.91 Å². The Bertz CT molecular complexity index is 333. The third-order valence-electron chi connectivity index (χ3n) is 2.27. The number of hydrogen-bond acceptors (Lipinski definition) is 4. The van der Waals surface area contributed by atoms with Crippen molar-refractivity contribution >= 4 is 12.0 Å². The van der Waals surface area contributed by atoms with Crippen molar-refractivity contribution in [1.29, 1.82) is 0 Å². The third-order valence-corrected chi connectivity index (χ3v) is 2.27. The van der Waals surface area contributed by atoms with Gasteiger partial charge in [0.15, 0.2) is 0 Å². The van der Waals surface area contributed by atoms with Crippen molar-refractivity contribution in [3.8, 4) is 0 Å². The van der Waals surface area contributed by atoms with Crippen molar-refractivity contribution in [2.45, 2.75) is 54.1 Å². The van der Waals surface area contributed by atoms with Crippen LogP contribution in [0.25, 0.3) is 0 Å². The highest BCUT2D eigenvalue weighted by Gasteiger charge is 2.28. The van der Waals surface area contributed by atoms with Gasteiger partial charge >= 0.3 is 6.09 Å². The fraction of sp³-hybridized carbons (Fsp3) is 0.857. The van der Waals surface area contributed by atoms with Crippen molar-refractivity contribution in [2.75, 3.05) is 13.2 Å². The summed E-state index contributed by atoms with van der Waals surface area (Å²) in [6, 6.07) is 0. The standard InChI is InChI=1S/C14H28N2O4/c1-10(2)8-15-11(17)14(6,7)9-19-16-12(18)20-13(3,4)5/h10H,8-9H2,1-7H3,(H,15,17)(H,16,18). The highest BCUT2D eigenvalue weighted by atomic mass is 16.7. The van der Waals surface area contributed by atoms with Crippen molar-refractivity contribution < 1.29 is 19.2 Å². The van der Waals surface area contributed by atoms with Crippen molar-refractivity contribution in [3.63, 3.8) is 0 Å². The maximum Gasteiger partial charge on any atom is 0.431 e. The first-order valence-electron chi connectivity index (χ1n) is 6.83. The number of carbonyl (C=O) groups excluding carboxylic acids is 2. The van der Waals surface area contributed by atoms with Crippen LogP contribution in [0.3, 0.4) is 0 Å². The minimum Gasteiger partial charge on any atom is -0.442 e. The summed E-state index contributed by atoms with van der Waals surface area (Å²) in [5, 5.41) is 2.84. The van der Waals surface area contributed by atoms with Crippen LogP contribution in [0.2, 0.25) is 0 Å². The molecule has 0 radical (unpaired) electrons. The Hall–Kier alpha value is -1.30. The molecule has 2 N–H and O–H groups in total. The Labute approximate surface area is 121 Å². The van der Waals surface area contributed by atoms with Gasteiger partial charge in [-0.25, -0.2) is 4.79 Å². The van der Waals surface area contributed by atoms with Crippen LogP contribution in [0.4, 0.5) is 4.79 Å². The summed E-state index contributed by atoms with van der Waals surface area (Å²) in [7, 11) is 0. The van der Waals surface area contributed by atoms with E-state index in [9.17, 15) is 9.59 Å². The average molecular weight is 288 g/mol. The van der Waals surface area contributed by atoms with Crippen LogP contribution >= 0.6 is 0 Å². The Kier molecular flexibility index (Phi) is 6.99. The molecule has 20 heavy (non-hydrogen) atoms. The lowest BCUT2D eigenvalue weighted by Crippen LogP contribution is -2.43. The number of amides is 2. The molecule has 0 aliphatic carbocycles. The molecule has 0 aromatic rings. The molecule has 6 nitrogen and oxygen atoms in total. The fourth-order valence-corrected chi connectivity index (χ4v) is 1.18. The summed E-state index contributed by atoms with van der Waals surface area (Å²) in [5.74, 6) is 0.271. The summed E-state index contributed by atoms with van der Waals surface area (Å²) in [4.78, 5) is 28.4. The van der Waals surface area contributed by atoms with Gasteiger partial charge in [-0.15, -0.1) is 0 Å². The molecule has 0 fully saturated rings. The van der Waals surface area contributed by atoms with E-state index < -0.39 is 17.1 Å². The van der Waals surface area contributed by atoms with Gasteiger partial charge in [0.05, 0.1) is 12.0 Å². The number of hydrogen-bond donors (Lipinski definition) is 2. The summed E-state index contributed by atoms with van der Waals surface area (Å²) < 4.78 is 5.02. The first-order valence-corrected chi connectivity index (χ1v) is 6.83. The molecule has 0 saturated heterocycles. The van der Waals surface area contributed by atoms with Gasteiger partial charge in [0.1, 0.15) is 5.60 Å². The molecule has 0 saturated carbocycles. The molecule has 0 aromatic carbocycles. The highest BCUT2D eigenvalue weighted by Crippen LogP contribution is 2.15. The molecule has 0 aromatic heterocycles. The lowest BCUT2D eigenvalue weighted by Gasteiger charge is -2.24. The Morgan fingerprint density at radius 3 is 2.10 bits per heavy atom. The first-order chi connectivity index (χ1) is 8.94. The highest BCUT2D eigenvalue weighted by molar-refractivity contribution is 5.81. The zero-order valence-electron chi connectivity index (χ0n) is 13.6. The van der Waals surface area contributed by atoms with E-state index in [4.69, 9.17) is 9.57 Å². The second-order valence-electron chi connectivity index (χ2n) is 6.88. The predicted octanol–water partition coefficient (Wildman–Crippen LogP) is 2.24. The van der Waals surface area contributed by atoms with Crippen LogP contribution in [0, 0.1) is 11.3 Å². The maximum absolute atomic E-state index is 11.9. The third kappa shape index (κ3) is 8.74. The molecule has 6 heteroatoms. The van der Waals surface area contributed by atoms with Crippen molar-refractivity contribution in [1.82, 2.24) is 10.8 Å². The van der Waals surface area contributed by atoms with E-state index in [1.54, 1.807) is 34.6 Å². The van der Waals surface area contributed by atoms with E-state index in [0.29, 0.717) is 12.5 Å². The van der Waals surface area contributed by atoms with E-state index in [1.165, 1.54) is 0 Å². The number of ether oxygens (including phenoxy) is 1. The van der Waals surface area contributed by atoms with Gasteiger partial charge in [-0.05, 0) is 40.5 Å². The van der Waals surface area contributed by atoms with Gasteiger partial charge < -0.3 is 10.1 Å². The van der Waals surface area contributed by atoms with Crippen LogP contribution in [0.1, 0.15) is 48.5 Å². The second kappa shape index (κ2) is 7.47. The minimum absolute atomic E-state index is 0.0656. The molecule has 0 unspecified atom stereocenters. The summed E-state index contributed by atoms with van der Waals surface area (Å²) in [6.45, 7) is 13.5. The lowest BCUT2D eigenvalue weighted by atomic mass is 9.93. The predicted molar refractivity (Wildman–Crippen MR) is 77.0 cm³/mol. The number of carbonyl (C=O) groups is 2. The zero-order valence-corrected chi connectivity index (χ0v) is 13.6. The molecule has 0 bridgehead atoms. The van der Waals surface area contributed by atoms with E-state index in [0.717, 1.165) is 0 Å². The summed E-state index contributed by atoms with van der Waals surface area (Å²) in [6.07, 6.45) is -0.670. The molecule has 118 valence electrons. The Morgan fingerprint density at radius 1 is 1.10 bits per heavy atom. The first kappa shape index (κ1) is 18.7. The molecule has 2 amide bonds. The molecular formula is C14H28N2O4. The van der Waals surface area contributed by atoms with Gasteiger partial charge in [-0.2, -0.15) is 5.48 Å². The summed E-state index contributed by atoms with van der Waals surface area (Å²) >= 11 is 0. The molecular weight excluding hydrogens is 260 g/mol. The molecule has 0 spiro atoms. The van der Waals surface area contributed by atoms with Gasteiger partial charge in [0.25, 0.3) is 0 Å². The van der Waals surface area contributed by atoms with Gasteiger partial charge in [-0.1, -0.05) is 13.8 Å². The van der Waals surface area contributed by atoms with Crippen LogP contribution in [-0.2, 0) is 14.4 Å². The Balaban J connectivity index is 4.09. The largest absolute Gasteiger partial charge is 0.442 e. The van der Waals surface area contributed by atoms with Crippen LogP contribution < -0.4 is 10.8 Å². The van der Waals surface area contributed by atoms with Gasteiger partial charge in [-0.3, -0.25) is 9.63 Å². The van der Waals surface area contributed by atoms with Crippen LogP contribution in [0.15, 0.2) is 0 Å². The smallest absolute Gasteiger partial charge is 0.431 e. The van der Waals surface area contributed by atoms with Crippen molar-refractivity contribution in [2.24, 2.45) is 11.3 Å². The molecule has 0 rings (SSSR count). The minimum atomic E-state index is -0.732. The van der Waals surface area contributed by atoms with E-state index >= 15 is 0 Å². The molecule has 0 aliphatic heterocycles. The molecule has 0 aliphatic rings. The van der Waals surface area contributed by atoms with Gasteiger partial charge in [0, 0.05) is 6.54 Å². The van der Waals surface area contributed by atoms with Crippen molar-refractivity contribution in [3.05, 3.63) is 0 Å². The molecule has 0 atom stereocenters. The quantitative estimate of drug-likeness (QED) is 0.735. The topological polar surface area (TPSA) is 76.7 Å². The monoisotopic (exact) mass is 288 g/mol. The molecule has 0 heterocycles. The fourth-order valence-electron chi connectivity index (χ4n) is 1.18. The maximum atomic E-state index is 11.9. The average Bonchev–Trinajstić information content (AvgIpc) is 2.22. The Morgan fingerprint density at radius 2 is 1.65 bits per heavy atom. The number of rotatable bonds is 6. The number of nitrogens with one attached hydrogen (secondary N) is 2. The zero-order chi connectivity index (χ0) is 16.0. The van der Waals surface area contributed by atoms with Crippen LogP contribution in [0.5, 0.6) is 0 Å². The second-order valence-corrected chi connectivity index (χ2v) is 6.88. The number of hydroxylamine groups is 1. The van der Waals surface area contributed by atoms with E-state index in [-0.39, 0.29) is 12.5 Å². The summed E-state index contributed by atoms with van der Waals surface area (Å²) in [5.41, 5.74) is 0.856. The lowest BCUT2D eigenvalue weighted by molar-refractivity contribution is -0.134. The SMILES string of the molecule is CC(C)CNC(=O)C(C)(C)CONC(=O)OC(C)(C)C. The van der Waals surface area contributed by atoms with Crippen LogP contribution in [-0.4, -0.2) is 30.8 Å². The van der Waals surface area contributed by atoms with E-state index in [1.807, 2.05) is 13.8 Å². The van der Waals surface area contributed by atoms with E-state index in [2.05, 4.69) is 10.8 Å².